The van der Waals surface area contributed by atoms with Crippen LogP contribution in [0.1, 0.15) is 36.8 Å². The zero-order valence-corrected chi connectivity index (χ0v) is 20.6. The quantitative estimate of drug-likeness (QED) is 0.280. The van der Waals surface area contributed by atoms with Crippen LogP contribution in [0.5, 0.6) is 5.75 Å². The predicted octanol–water partition coefficient (Wildman–Crippen LogP) is 4.91. The summed E-state index contributed by atoms with van der Waals surface area (Å²) in [6.45, 7) is 4.93. The number of nitrogens with zero attached hydrogens (tertiary/aromatic N) is 1. The van der Waals surface area contributed by atoms with Crippen LogP contribution in [0.25, 0.3) is 11.1 Å². The van der Waals surface area contributed by atoms with Crippen molar-refractivity contribution in [3.63, 3.8) is 0 Å². The monoisotopic (exact) mass is 484 g/mol. The van der Waals surface area contributed by atoms with Crippen molar-refractivity contribution in [2.24, 2.45) is 5.92 Å². The number of carbonyl (C=O) groups is 1. The molecule has 36 heavy (non-hydrogen) atoms. The molecule has 186 valence electrons. The largest absolute Gasteiger partial charge is 0.494 e. The number of rotatable bonds is 8. The Morgan fingerprint density at radius 1 is 0.861 bits per heavy atom. The Bertz CT molecular complexity index is 1190. The molecule has 4 aliphatic rings. The lowest BCUT2D eigenvalue weighted by atomic mass is 9.82. The van der Waals surface area contributed by atoms with E-state index in [-0.39, 0.29) is 6.10 Å². The van der Waals surface area contributed by atoms with Gasteiger partial charge in [-0.25, -0.2) is 4.79 Å². The Morgan fingerprint density at radius 2 is 1.47 bits per heavy atom. The molecule has 0 radical (unpaired) electrons. The summed E-state index contributed by atoms with van der Waals surface area (Å²) in [4.78, 5) is 13.7. The third-order valence-electron chi connectivity index (χ3n) is 8.56. The van der Waals surface area contributed by atoms with E-state index in [1.54, 1.807) is 0 Å². The van der Waals surface area contributed by atoms with E-state index >= 15 is 0 Å². The van der Waals surface area contributed by atoms with Gasteiger partial charge in [-0.1, -0.05) is 66.7 Å². The average Bonchev–Trinajstić information content (AvgIpc) is 3.19. The molecule has 0 aromatic heterocycles. The number of para-hydroxylation sites is 1. The highest BCUT2D eigenvalue weighted by Crippen LogP contribution is 2.48. The van der Waals surface area contributed by atoms with Crippen LogP contribution < -0.4 is 4.74 Å². The maximum atomic E-state index is 13.7. The van der Waals surface area contributed by atoms with Crippen LogP contribution in [0.3, 0.4) is 0 Å². The van der Waals surface area contributed by atoms with E-state index in [0.29, 0.717) is 17.0 Å². The molecule has 0 saturated carbocycles. The highest BCUT2D eigenvalue weighted by atomic mass is 16.6. The number of hydrogen-bond acceptors (Lipinski definition) is 4. The minimum absolute atomic E-state index is 0.149. The second kappa shape index (κ2) is 9.38. The van der Waals surface area contributed by atoms with Crippen molar-refractivity contribution in [1.29, 1.82) is 0 Å². The molecule has 3 fully saturated rings. The van der Waals surface area contributed by atoms with Gasteiger partial charge in [-0.2, -0.15) is 0 Å². The van der Waals surface area contributed by atoms with Crippen molar-refractivity contribution in [3.05, 3.63) is 90.0 Å². The number of piperidine rings is 3. The Hall–Kier alpha value is -3.15. The van der Waals surface area contributed by atoms with Gasteiger partial charge in [0, 0.05) is 29.9 Å². The molecule has 3 aromatic carbocycles. The van der Waals surface area contributed by atoms with E-state index < -0.39 is 11.6 Å². The van der Waals surface area contributed by atoms with Crippen LogP contribution in [-0.4, -0.2) is 54.4 Å². The van der Waals surface area contributed by atoms with Crippen molar-refractivity contribution in [1.82, 2.24) is 0 Å². The van der Waals surface area contributed by atoms with E-state index in [0.717, 1.165) is 79.8 Å². The summed E-state index contributed by atoms with van der Waals surface area (Å²) in [5.41, 5.74) is 1.31. The van der Waals surface area contributed by atoms with Gasteiger partial charge >= 0.3 is 5.97 Å². The number of carbonyl (C=O) groups excluding carboxylic acids is 1. The summed E-state index contributed by atoms with van der Waals surface area (Å²) in [6, 6.07) is 25.2. The highest BCUT2D eigenvalue weighted by molar-refractivity contribution is 5.96. The van der Waals surface area contributed by atoms with E-state index in [9.17, 15) is 9.90 Å². The van der Waals surface area contributed by atoms with E-state index in [2.05, 4.69) is 0 Å². The molecule has 3 aromatic rings. The van der Waals surface area contributed by atoms with Crippen LogP contribution in [0.4, 0.5) is 0 Å². The third kappa shape index (κ3) is 4.00. The fourth-order valence-electron chi connectivity index (χ4n) is 6.58. The van der Waals surface area contributed by atoms with Gasteiger partial charge in [-0.15, -0.1) is 0 Å². The molecule has 3 aliphatic heterocycles. The van der Waals surface area contributed by atoms with E-state index in [4.69, 9.17) is 9.47 Å². The zero-order chi connectivity index (χ0) is 24.6. The minimum Gasteiger partial charge on any atom is -0.494 e. The molecule has 0 spiro atoms. The number of quaternary nitrogens is 1. The zero-order valence-electron chi connectivity index (χ0n) is 20.6. The summed E-state index contributed by atoms with van der Waals surface area (Å²) >= 11 is 0. The molecule has 1 unspecified atom stereocenters. The van der Waals surface area contributed by atoms with E-state index in [1.807, 2.05) is 78.9 Å². The lowest BCUT2D eigenvalue weighted by Crippen LogP contribution is -2.65. The first-order valence-corrected chi connectivity index (χ1v) is 13.2. The first-order chi connectivity index (χ1) is 17.6. The second-order valence-corrected chi connectivity index (χ2v) is 10.6. The molecule has 0 amide bonds. The third-order valence-corrected chi connectivity index (χ3v) is 8.56. The van der Waals surface area contributed by atoms with Crippen LogP contribution in [0.15, 0.2) is 78.9 Å². The summed E-state index contributed by atoms with van der Waals surface area (Å²) in [7, 11) is 0. The summed E-state index contributed by atoms with van der Waals surface area (Å²) < 4.78 is 13.1. The molecule has 2 bridgehead atoms. The molecule has 7 rings (SSSR count). The Morgan fingerprint density at radius 3 is 2.14 bits per heavy atom. The topological polar surface area (TPSA) is 55.8 Å². The van der Waals surface area contributed by atoms with Crippen LogP contribution >= 0.6 is 0 Å². The van der Waals surface area contributed by atoms with Crippen molar-refractivity contribution in [3.8, 4) is 16.9 Å². The number of unbranched alkanes of at least 4 members (excludes halogenated alkanes) is 1. The molecular formula is C31H34NO4+. The van der Waals surface area contributed by atoms with Gasteiger partial charge in [0.05, 0.1) is 26.2 Å². The van der Waals surface area contributed by atoms with Crippen LogP contribution in [-0.2, 0) is 15.1 Å². The summed E-state index contributed by atoms with van der Waals surface area (Å²) in [5.74, 6) is 0.766. The molecule has 5 heteroatoms. The predicted molar refractivity (Wildman–Crippen MR) is 138 cm³/mol. The van der Waals surface area contributed by atoms with Gasteiger partial charge in [-0.3, -0.25) is 0 Å². The maximum absolute atomic E-state index is 13.7. The number of esters is 1. The minimum atomic E-state index is -1.75. The summed E-state index contributed by atoms with van der Waals surface area (Å²) in [5, 5.41) is 11.8. The highest BCUT2D eigenvalue weighted by Gasteiger charge is 2.53. The lowest BCUT2D eigenvalue weighted by Gasteiger charge is -2.52. The SMILES string of the molecule is O=C(OC1C[N+]2(CCCCOc3ccccc3)CCC1CC2)C1(O)c2ccccc2-c2ccccc21. The normalized spacial score (nSPS) is 25.1. The van der Waals surface area contributed by atoms with Crippen molar-refractivity contribution < 1.29 is 23.9 Å². The fraction of sp³-hybridized carbons (Fsp3) is 0.387. The van der Waals surface area contributed by atoms with Gasteiger partial charge in [0.15, 0.2) is 6.10 Å². The second-order valence-electron chi connectivity index (χ2n) is 10.6. The number of ether oxygens (including phenoxy) is 2. The summed E-state index contributed by atoms with van der Waals surface area (Å²) in [6.07, 6.45) is 4.09. The van der Waals surface area contributed by atoms with Crippen LogP contribution in [0, 0.1) is 5.92 Å². The van der Waals surface area contributed by atoms with Crippen molar-refractivity contribution >= 4 is 5.97 Å². The molecule has 1 atom stereocenters. The lowest BCUT2D eigenvalue weighted by molar-refractivity contribution is -0.946. The Labute approximate surface area is 212 Å². The molecule has 1 aliphatic carbocycles. The number of benzene rings is 3. The fourth-order valence-corrected chi connectivity index (χ4v) is 6.58. The Balaban J connectivity index is 1.12. The van der Waals surface area contributed by atoms with Gasteiger partial charge in [0.2, 0.25) is 5.60 Å². The van der Waals surface area contributed by atoms with E-state index in [1.165, 1.54) is 0 Å². The Kier molecular flexibility index (Phi) is 6.06. The first kappa shape index (κ1) is 23.3. The van der Waals surface area contributed by atoms with Gasteiger partial charge in [0.1, 0.15) is 12.3 Å². The number of fused-ring (bicyclic) bond motifs is 6. The molecular weight excluding hydrogens is 450 g/mol. The molecule has 3 heterocycles. The van der Waals surface area contributed by atoms with Crippen molar-refractivity contribution in [2.45, 2.75) is 37.4 Å². The molecule has 3 saturated heterocycles. The first-order valence-electron chi connectivity index (χ1n) is 13.2. The maximum Gasteiger partial charge on any atom is 0.348 e. The van der Waals surface area contributed by atoms with Crippen LogP contribution in [0.2, 0.25) is 0 Å². The van der Waals surface area contributed by atoms with Gasteiger partial charge in [-0.05, 0) is 36.1 Å². The number of hydrogen-bond donors (Lipinski definition) is 1. The average molecular weight is 485 g/mol. The molecule has 1 N–H and O–H groups in total. The van der Waals surface area contributed by atoms with Gasteiger partial charge < -0.3 is 19.1 Å². The smallest absolute Gasteiger partial charge is 0.348 e. The van der Waals surface area contributed by atoms with Gasteiger partial charge in [0.25, 0.3) is 0 Å². The molecule has 5 nitrogen and oxygen atoms in total. The number of aliphatic hydroxyl groups is 1. The van der Waals surface area contributed by atoms with Crippen molar-refractivity contribution in [2.75, 3.05) is 32.8 Å². The standard InChI is InChI=1S/C31H34NO4/c33-30(31(34)27-14-6-4-12-25(27)26-13-5-7-15-28(26)31)36-29-22-32(19-16-23(29)17-20-32)18-8-9-21-35-24-10-2-1-3-11-24/h1-7,10-15,23,29,34H,8-9,16-22H2/q+1.